The van der Waals surface area contributed by atoms with Gasteiger partial charge in [0, 0.05) is 34.4 Å². The van der Waals surface area contributed by atoms with Crippen molar-refractivity contribution in [2.75, 3.05) is 0 Å². The van der Waals surface area contributed by atoms with Crippen LogP contribution in [0.15, 0.2) is 107 Å². The predicted molar refractivity (Wildman–Crippen MR) is 150 cm³/mol. The van der Waals surface area contributed by atoms with Gasteiger partial charge in [0.25, 0.3) is 11.8 Å². The SMILES string of the molecule is O=C(N/N=C(/C(=N/NC(=O)c1ccc(O)c([N+](=O)[O-])c1)c1ccccc1)c1ccccc1)c1ccc(O)c([N+](=O)[O-])c1. The maximum Gasteiger partial charge on any atom is 0.311 e. The summed E-state index contributed by atoms with van der Waals surface area (Å²) in [5.74, 6) is -2.89. The number of phenolic OH excluding ortho intramolecular Hbond substituents is 2. The van der Waals surface area contributed by atoms with Crippen molar-refractivity contribution < 1.29 is 29.6 Å². The number of nitro groups is 2. The van der Waals surface area contributed by atoms with E-state index in [0.717, 1.165) is 24.3 Å². The van der Waals surface area contributed by atoms with Crippen LogP contribution < -0.4 is 10.9 Å². The molecule has 4 aromatic carbocycles. The monoisotopic (exact) mass is 568 g/mol. The lowest BCUT2D eigenvalue weighted by molar-refractivity contribution is -0.386. The molecular formula is C28H20N6O8. The third kappa shape index (κ3) is 6.58. The Morgan fingerprint density at radius 2 is 0.929 bits per heavy atom. The zero-order valence-corrected chi connectivity index (χ0v) is 21.4. The van der Waals surface area contributed by atoms with Gasteiger partial charge in [-0.2, -0.15) is 10.2 Å². The van der Waals surface area contributed by atoms with Gasteiger partial charge in [-0.3, -0.25) is 29.8 Å². The van der Waals surface area contributed by atoms with E-state index in [1.54, 1.807) is 60.7 Å². The lowest BCUT2D eigenvalue weighted by atomic mass is 10.00. The van der Waals surface area contributed by atoms with Crippen molar-refractivity contribution in [2.24, 2.45) is 10.2 Å². The molecule has 0 radical (unpaired) electrons. The zero-order valence-electron chi connectivity index (χ0n) is 21.4. The first-order chi connectivity index (χ1) is 20.2. The number of carbonyl (C=O) groups excluding carboxylic acids is 2. The summed E-state index contributed by atoms with van der Waals surface area (Å²) in [6.07, 6.45) is 0. The summed E-state index contributed by atoms with van der Waals surface area (Å²) < 4.78 is 0. The first-order valence-electron chi connectivity index (χ1n) is 12.0. The van der Waals surface area contributed by atoms with E-state index < -0.39 is 44.5 Å². The Bertz CT molecular complexity index is 1610. The van der Waals surface area contributed by atoms with Crippen molar-refractivity contribution in [1.82, 2.24) is 10.9 Å². The maximum absolute atomic E-state index is 12.9. The summed E-state index contributed by atoms with van der Waals surface area (Å²) in [6, 6.07) is 23.1. The summed E-state index contributed by atoms with van der Waals surface area (Å²) in [6.45, 7) is 0. The highest BCUT2D eigenvalue weighted by Crippen LogP contribution is 2.27. The number of hydrogen-bond donors (Lipinski definition) is 4. The first-order valence-corrected chi connectivity index (χ1v) is 12.0. The van der Waals surface area contributed by atoms with Crippen LogP contribution in [0.25, 0.3) is 0 Å². The molecule has 4 aromatic rings. The molecule has 0 bridgehead atoms. The van der Waals surface area contributed by atoms with E-state index in [0.29, 0.717) is 11.1 Å². The van der Waals surface area contributed by atoms with Gasteiger partial charge < -0.3 is 10.2 Å². The molecule has 14 nitrogen and oxygen atoms in total. The van der Waals surface area contributed by atoms with E-state index in [2.05, 4.69) is 21.1 Å². The van der Waals surface area contributed by atoms with Crippen LogP contribution in [0.1, 0.15) is 31.8 Å². The summed E-state index contributed by atoms with van der Waals surface area (Å²) in [7, 11) is 0. The van der Waals surface area contributed by atoms with Crippen LogP contribution in [0.4, 0.5) is 11.4 Å². The standard InChI is InChI=1S/C28H20N6O8/c35-23-13-11-19(15-21(23)33(39)40)27(37)31-29-25(17-7-3-1-4-8-17)26(18-9-5-2-6-10-18)30-32-28(38)20-12-14-24(36)22(16-20)34(41)42/h1-16,35-36H,(H,31,37)(H,32,38)/b29-25+,30-26+. The second-order valence-corrected chi connectivity index (χ2v) is 8.46. The number of rotatable bonds is 9. The average molecular weight is 569 g/mol. The average Bonchev–Trinajstić information content (AvgIpc) is 2.99. The fourth-order valence-electron chi connectivity index (χ4n) is 3.66. The minimum Gasteiger partial charge on any atom is -0.502 e. The molecule has 0 unspecified atom stereocenters. The minimum absolute atomic E-state index is 0.0837. The van der Waals surface area contributed by atoms with Gasteiger partial charge in [-0.1, -0.05) is 60.7 Å². The summed E-state index contributed by atoms with van der Waals surface area (Å²) in [5, 5.41) is 50.2. The van der Waals surface area contributed by atoms with E-state index in [-0.39, 0.29) is 22.6 Å². The van der Waals surface area contributed by atoms with Crippen molar-refractivity contribution >= 4 is 34.6 Å². The van der Waals surface area contributed by atoms with Gasteiger partial charge in [-0.05, 0) is 24.3 Å². The van der Waals surface area contributed by atoms with Crippen molar-refractivity contribution in [3.63, 3.8) is 0 Å². The first kappa shape index (κ1) is 28.6. The molecule has 0 saturated heterocycles. The molecule has 0 aliphatic carbocycles. The Kier molecular flexibility index (Phi) is 8.58. The van der Waals surface area contributed by atoms with Crippen LogP contribution in [-0.4, -0.2) is 43.3 Å². The van der Waals surface area contributed by atoms with Crippen LogP contribution in [0.3, 0.4) is 0 Å². The van der Waals surface area contributed by atoms with Crippen LogP contribution in [0.5, 0.6) is 11.5 Å². The number of nitrogens with zero attached hydrogens (tertiary/aromatic N) is 4. The fraction of sp³-hybridized carbons (Fsp3) is 0. The van der Waals surface area contributed by atoms with Crippen LogP contribution >= 0.6 is 0 Å². The molecule has 0 saturated carbocycles. The van der Waals surface area contributed by atoms with E-state index >= 15 is 0 Å². The van der Waals surface area contributed by atoms with Crippen LogP contribution in [-0.2, 0) is 0 Å². The van der Waals surface area contributed by atoms with Crippen molar-refractivity contribution in [2.45, 2.75) is 0 Å². The number of amides is 2. The molecule has 0 aromatic heterocycles. The number of carbonyl (C=O) groups is 2. The normalized spacial score (nSPS) is 11.4. The van der Waals surface area contributed by atoms with Gasteiger partial charge in [0.05, 0.1) is 9.85 Å². The zero-order chi connectivity index (χ0) is 30.2. The fourth-order valence-corrected chi connectivity index (χ4v) is 3.66. The van der Waals surface area contributed by atoms with E-state index in [4.69, 9.17) is 0 Å². The van der Waals surface area contributed by atoms with E-state index in [1.165, 1.54) is 12.1 Å². The molecule has 4 rings (SSSR count). The van der Waals surface area contributed by atoms with Crippen molar-refractivity contribution in [3.8, 4) is 11.5 Å². The largest absolute Gasteiger partial charge is 0.502 e. The highest BCUT2D eigenvalue weighted by molar-refractivity contribution is 6.53. The van der Waals surface area contributed by atoms with Gasteiger partial charge in [-0.25, -0.2) is 10.9 Å². The molecule has 0 heterocycles. The van der Waals surface area contributed by atoms with Crippen molar-refractivity contribution in [1.29, 1.82) is 0 Å². The highest BCUT2D eigenvalue weighted by Gasteiger charge is 2.21. The van der Waals surface area contributed by atoms with Gasteiger partial charge in [-0.15, -0.1) is 0 Å². The second kappa shape index (κ2) is 12.6. The topological polar surface area (TPSA) is 210 Å². The Balaban J connectivity index is 1.75. The lowest BCUT2D eigenvalue weighted by Gasteiger charge is -2.12. The molecule has 0 atom stereocenters. The molecule has 42 heavy (non-hydrogen) atoms. The molecular weight excluding hydrogens is 548 g/mol. The van der Waals surface area contributed by atoms with Gasteiger partial charge >= 0.3 is 11.4 Å². The maximum atomic E-state index is 12.9. The van der Waals surface area contributed by atoms with E-state index in [9.17, 15) is 40.0 Å². The van der Waals surface area contributed by atoms with E-state index in [1.807, 2.05) is 0 Å². The lowest BCUT2D eigenvalue weighted by Crippen LogP contribution is -2.28. The Morgan fingerprint density at radius 3 is 1.26 bits per heavy atom. The molecule has 0 fully saturated rings. The summed E-state index contributed by atoms with van der Waals surface area (Å²) >= 11 is 0. The Morgan fingerprint density at radius 1 is 0.571 bits per heavy atom. The number of aromatic hydroxyl groups is 2. The predicted octanol–water partition coefficient (Wildman–Crippen LogP) is 3.88. The summed E-state index contributed by atoms with van der Waals surface area (Å²) in [5.41, 5.74) is 4.10. The minimum atomic E-state index is -0.837. The number of nitro benzene ring substituents is 2. The smallest absolute Gasteiger partial charge is 0.311 e. The molecule has 210 valence electrons. The number of hydrazone groups is 2. The number of benzene rings is 4. The Labute approximate surface area is 236 Å². The molecule has 0 spiro atoms. The second-order valence-electron chi connectivity index (χ2n) is 8.46. The Hall–Kier alpha value is -6.44. The molecule has 0 aliphatic heterocycles. The molecule has 4 N–H and O–H groups in total. The third-order valence-electron chi connectivity index (χ3n) is 5.73. The molecule has 2 amide bonds. The van der Waals surface area contributed by atoms with Gasteiger partial charge in [0.2, 0.25) is 0 Å². The summed E-state index contributed by atoms with van der Waals surface area (Å²) in [4.78, 5) is 46.5. The van der Waals surface area contributed by atoms with Gasteiger partial charge in [0.1, 0.15) is 11.4 Å². The van der Waals surface area contributed by atoms with Crippen LogP contribution in [0.2, 0.25) is 0 Å². The van der Waals surface area contributed by atoms with Crippen LogP contribution in [0, 0.1) is 20.2 Å². The highest BCUT2D eigenvalue weighted by atomic mass is 16.6. The molecule has 0 aliphatic rings. The number of hydrogen-bond acceptors (Lipinski definition) is 10. The molecule has 14 heteroatoms. The van der Waals surface area contributed by atoms with Crippen molar-refractivity contribution in [3.05, 3.63) is 140 Å². The quantitative estimate of drug-likeness (QED) is 0.132. The number of phenols is 2. The third-order valence-corrected chi connectivity index (χ3v) is 5.73. The number of nitrogens with one attached hydrogen (secondary N) is 2. The van der Waals surface area contributed by atoms with Gasteiger partial charge in [0.15, 0.2) is 11.5 Å².